The van der Waals surface area contributed by atoms with Gasteiger partial charge in [0.05, 0.1) is 6.61 Å². The van der Waals surface area contributed by atoms with Crippen molar-refractivity contribution >= 4 is 11.8 Å². The van der Waals surface area contributed by atoms with E-state index in [1.165, 1.54) is 5.56 Å². The molecule has 110 valence electrons. The van der Waals surface area contributed by atoms with Gasteiger partial charge in [0, 0.05) is 25.2 Å². The Morgan fingerprint density at radius 2 is 2.14 bits per heavy atom. The second kappa shape index (κ2) is 6.43. The fourth-order valence-corrected chi connectivity index (χ4v) is 2.48. The van der Waals surface area contributed by atoms with Gasteiger partial charge in [0.25, 0.3) is 0 Å². The average Bonchev–Trinajstić information content (AvgIpc) is 2.53. The van der Waals surface area contributed by atoms with Crippen molar-refractivity contribution < 1.29 is 4.74 Å². The summed E-state index contributed by atoms with van der Waals surface area (Å²) in [6.07, 6.45) is 2.79. The van der Waals surface area contributed by atoms with E-state index in [2.05, 4.69) is 32.7 Å². The average molecular weight is 284 g/mol. The van der Waals surface area contributed by atoms with Crippen LogP contribution in [0.4, 0.5) is 11.8 Å². The molecular formula is C16H20N4O. The molecule has 0 amide bonds. The molecule has 0 fully saturated rings. The van der Waals surface area contributed by atoms with E-state index in [1.807, 2.05) is 25.1 Å². The van der Waals surface area contributed by atoms with E-state index in [0.717, 1.165) is 37.7 Å². The van der Waals surface area contributed by atoms with E-state index in [0.29, 0.717) is 11.9 Å². The minimum Gasteiger partial charge on any atom is -0.493 e. The first-order valence-electron chi connectivity index (χ1n) is 7.36. The number of ether oxygens (including phenoxy) is 1. The quantitative estimate of drug-likeness (QED) is 0.883. The van der Waals surface area contributed by atoms with Crippen LogP contribution in [0.2, 0.25) is 0 Å². The number of rotatable bonds is 5. The van der Waals surface area contributed by atoms with Crippen molar-refractivity contribution in [1.82, 2.24) is 9.97 Å². The van der Waals surface area contributed by atoms with Crippen LogP contribution < -0.4 is 15.4 Å². The van der Waals surface area contributed by atoms with Crippen LogP contribution in [0, 0.1) is 5.92 Å². The Bertz CT molecular complexity index is 602. The van der Waals surface area contributed by atoms with Crippen molar-refractivity contribution in [3.05, 3.63) is 42.1 Å². The lowest BCUT2D eigenvalue weighted by Gasteiger charge is -2.25. The van der Waals surface area contributed by atoms with Crippen molar-refractivity contribution in [3.63, 3.8) is 0 Å². The SMILES string of the molecule is CCNc1ccnc(NCC2COc3ccccc3C2)n1. The molecule has 0 aliphatic carbocycles. The van der Waals surface area contributed by atoms with Gasteiger partial charge in [-0.2, -0.15) is 4.98 Å². The van der Waals surface area contributed by atoms with Crippen LogP contribution in [0.25, 0.3) is 0 Å². The fourth-order valence-electron chi connectivity index (χ4n) is 2.48. The molecule has 0 bridgehead atoms. The number of nitrogens with zero attached hydrogens (tertiary/aromatic N) is 2. The molecule has 2 aromatic rings. The Morgan fingerprint density at radius 1 is 1.24 bits per heavy atom. The van der Waals surface area contributed by atoms with Gasteiger partial charge in [0.2, 0.25) is 5.95 Å². The lowest BCUT2D eigenvalue weighted by atomic mass is 9.97. The van der Waals surface area contributed by atoms with Crippen LogP contribution in [-0.2, 0) is 6.42 Å². The standard InChI is InChI=1S/C16H20N4O/c1-2-17-15-7-8-18-16(20-15)19-10-12-9-13-5-3-4-6-14(13)21-11-12/h3-8,12H,2,9-11H2,1H3,(H2,17,18,19,20). The number of fused-ring (bicyclic) bond motifs is 1. The van der Waals surface area contributed by atoms with Gasteiger partial charge >= 0.3 is 0 Å². The van der Waals surface area contributed by atoms with E-state index in [9.17, 15) is 0 Å². The zero-order chi connectivity index (χ0) is 14.5. The van der Waals surface area contributed by atoms with Crippen LogP contribution >= 0.6 is 0 Å². The molecule has 0 spiro atoms. The monoisotopic (exact) mass is 284 g/mol. The van der Waals surface area contributed by atoms with Crippen molar-refractivity contribution in [3.8, 4) is 5.75 Å². The number of hydrogen-bond acceptors (Lipinski definition) is 5. The van der Waals surface area contributed by atoms with Gasteiger partial charge < -0.3 is 15.4 Å². The molecule has 2 heterocycles. The molecule has 1 aliphatic heterocycles. The Balaban J connectivity index is 1.58. The molecule has 0 saturated carbocycles. The summed E-state index contributed by atoms with van der Waals surface area (Å²) in [7, 11) is 0. The summed E-state index contributed by atoms with van der Waals surface area (Å²) in [6.45, 7) is 4.44. The van der Waals surface area contributed by atoms with Gasteiger partial charge in [-0.05, 0) is 31.0 Å². The van der Waals surface area contributed by atoms with Crippen LogP contribution in [-0.4, -0.2) is 29.7 Å². The van der Waals surface area contributed by atoms with E-state index in [1.54, 1.807) is 6.20 Å². The third-order valence-electron chi connectivity index (χ3n) is 3.52. The zero-order valence-corrected chi connectivity index (χ0v) is 12.2. The Kier molecular flexibility index (Phi) is 4.19. The number of nitrogens with one attached hydrogen (secondary N) is 2. The molecule has 1 atom stereocenters. The summed E-state index contributed by atoms with van der Waals surface area (Å²) in [4.78, 5) is 8.66. The molecule has 3 rings (SSSR count). The molecule has 21 heavy (non-hydrogen) atoms. The Labute approximate surface area is 124 Å². The zero-order valence-electron chi connectivity index (χ0n) is 12.2. The topological polar surface area (TPSA) is 59.1 Å². The first-order valence-corrected chi connectivity index (χ1v) is 7.36. The normalized spacial score (nSPS) is 16.7. The van der Waals surface area contributed by atoms with Gasteiger partial charge in [-0.25, -0.2) is 4.98 Å². The number of hydrogen-bond donors (Lipinski definition) is 2. The molecule has 0 radical (unpaired) electrons. The highest BCUT2D eigenvalue weighted by Crippen LogP contribution is 2.26. The predicted octanol–water partition coefficient (Wildman–Crippen LogP) is 2.57. The number of anilines is 2. The Morgan fingerprint density at radius 3 is 3.05 bits per heavy atom. The second-order valence-corrected chi connectivity index (χ2v) is 5.17. The summed E-state index contributed by atoms with van der Waals surface area (Å²) in [5.74, 6) is 2.96. The Hall–Kier alpha value is -2.30. The van der Waals surface area contributed by atoms with Crippen molar-refractivity contribution in [2.75, 3.05) is 30.3 Å². The van der Waals surface area contributed by atoms with E-state index < -0.39 is 0 Å². The van der Waals surface area contributed by atoms with Crippen molar-refractivity contribution in [1.29, 1.82) is 0 Å². The summed E-state index contributed by atoms with van der Waals surface area (Å²) < 4.78 is 5.79. The second-order valence-electron chi connectivity index (χ2n) is 5.17. The lowest BCUT2D eigenvalue weighted by molar-refractivity contribution is 0.229. The predicted molar refractivity (Wildman–Crippen MR) is 83.8 cm³/mol. The molecule has 5 heteroatoms. The molecule has 2 N–H and O–H groups in total. The molecule has 5 nitrogen and oxygen atoms in total. The number of para-hydroxylation sites is 1. The highest BCUT2D eigenvalue weighted by Gasteiger charge is 2.19. The third kappa shape index (κ3) is 3.42. The molecule has 1 aliphatic rings. The largest absolute Gasteiger partial charge is 0.493 e. The maximum atomic E-state index is 5.79. The summed E-state index contributed by atoms with van der Waals surface area (Å²) in [5, 5.41) is 6.48. The highest BCUT2D eigenvalue weighted by molar-refractivity contribution is 5.40. The lowest BCUT2D eigenvalue weighted by Crippen LogP contribution is -2.27. The molecule has 1 aromatic heterocycles. The van der Waals surface area contributed by atoms with Crippen molar-refractivity contribution in [2.24, 2.45) is 5.92 Å². The van der Waals surface area contributed by atoms with Gasteiger partial charge in [-0.15, -0.1) is 0 Å². The fraction of sp³-hybridized carbons (Fsp3) is 0.375. The highest BCUT2D eigenvalue weighted by atomic mass is 16.5. The maximum absolute atomic E-state index is 5.79. The van der Waals surface area contributed by atoms with Crippen LogP contribution in [0.5, 0.6) is 5.75 Å². The summed E-state index contributed by atoms with van der Waals surface area (Å²) >= 11 is 0. The van der Waals surface area contributed by atoms with Crippen LogP contribution in [0.1, 0.15) is 12.5 Å². The first-order chi connectivity index (χ1) is 10.3. The smallest absolute Gasteiger partial charge is 0.224 e. The van der Waals surface area contributed by atoms with Gasteiger partial charge in [-0.3, -0.25) is 0 Å². The van der Waals surface area contributed by atoms with Gasteiger partial charge in [0.1, 0.15) is 11.6 Å². The van der Waals surface area contributed by atoms with Crippen molar-refractivity contribution in [2.45, 2.75) is 13.3 Å². The van der Waals surface area contributed by atoms with Crippen LogP contribution in [0.3, 0.4) is 0 Å². The molecule has 1 unspecified atom stereocenters. The van der Waals surface area contributed by atoms with E-state index in [4.69, 9.17) is 4.74 Å². The van der Waals surface area contributed by atoms with Gasteiger partial charge in [-0.1, -0.05) is 18.2 Å². The van der Waals surface area contributed by atoms with Crippen LogP contribution in [0.15, 0.2) is 36.5 Å². The first kappa shape index (κ1) is 13.7. The summed E-state index contributed by atoms with van der Waals surface area (Å²) in [5.41, 5.74) is 1.28. The van der Waals surface area contributed by atoms with E-state index in [-0.39, 0.29) is 0 Å². The minimum atomic E-state index is 0.436. The maximum Gasteiger partial charge on any atom is 0.224 e. The third-order valence-corrected chi connectivity index (χ3v) is 3.52. The molecule has 1 aromatic carbocycles. The molecular weight excluding hydrogens is 264 g/mol. The minimum absolute atomic E-state index is 0.436. The molecule has 0 saturated heterocycles. The summed E-state index contributed by atoms with van der Waals surface area (Å²) in [6, 6.07) is 10.1. The number of benzene rings is 1. The van der Waals surface area contributed by atoms with Gasteiger partial charge in [0.15, 0.2) is 0 Å². The number of aromatic nitrogens is 2. The van der Waals surface area contributed by atoms with E-state index >= 15 is 0 Å².